The van der Waals surface area contributed by atoms with Crippen molar-refractivity contribution in [2.45, 2.75) is 13.1 Å². The Kier molecular flexibility index (Phi) is 5.33. The molecule has 4 rings (SSSR count). The number of amides is 1. The van der Waals surface area contributed by atoms with Gasteiger partial charge >= 0.3 is 0 Å². The number of tetrazole rings is 1. The van der Waals surface area contributed by atoms with Gasteiger partial charge in [0.1, 0.15) is 11.5 Å². The van der Waals surface area contributed by atoms with Gasteiger partial charge in [-0.1, -0.05) is 24.3 Å². The minimum Gasteiger partial charge on any atom is -0.497 e. The number of hydrogen-bond acceptors (Lipinski definition) is 6. The van der Waals surface area contributed by atoms with Gasteiger partial charge in [-0.2, -0.15) is 4.80 Å². The van der Waals surface area contributed by atoms with E-state index in [4.69, 9.17) is 9.15 Å². The molecule has 1 amide bonds. The molecule has 8 nitrogen and oxygen atoms in total. The van der Waals surface area contributed by atoms with Crippen LogP contribution in [0.5, 0.6) is 5.75 Å². The van der Waals surface area contributed by atoms with Crippen LogP contribution < -0.4 is 10.1 Å². The number of nitrogens with zero attached hydrogens (tertiary/aromatic N) is 4. The maximum absolute atomic E-state index is 12.4. The number of hydrogen-bond donors (Lipinski definition) is 1. The third-order valence-electron chi connectivity index (χ3n) is 4.32. The van der Waals surface area contributed by atoms with E-state index in [0.29, 0.717) is 30.2 Å². The molecule has 8 heteroatoms. The first kappa shape index (κ1) is 18.4. The van der Waals surface area contributed by atoms with E-state index in [-0.39, 0.29) is 5.91 Å². The summed E-state index contributed by atoms with van der Waals surface area (Å²) in [5.41, 5.74) is 2.26. The maximum atomic E-state index is 12.4. The van der Waals surface area contributed by atoms with Gasteiger partial charge in [-0.15, -0.1) is 10.2 Å². The summed E-state index contributed by atoms with van der Waals surface area (Å²) in [7, 11) is 1.63. The molecule has 146 valence electrons. The molecular formula is C21H19N5O3. The Labute approximate surface area is 167 Å². The maximum Gasteiger partial charge on any atom is 0.251 e. The lowest BCUT2D eigenvalue weighted by atomic mass is 10.1. The molecule has 4 aromatic rings. The third-order valence-corrected chi connectivity index (χ3v) is 4.32. The third kappa shape index (κ3) is 4.49. The van der Waals surface area contributed by atoms with E-state index in [1.54, 1.807) is 37.6 Å². The Bertz CT molecular complexity index is 1090. The Morgan fingerprint density at radius 2 is 2.00 bits per heavy atom. The van der Waals surface area contributed by atoms with Gasteiger partial charge in [-0.3, -0.25) is 4.79 Å². The Morgan fingerprint density at radius 1 is 1.14 bits per heavy atom. The summed E-state index contributed by atoms with van der Waals surface area (Å²) < 4.78 is 10.4. The van der Waals surface area contributed by atoms with E-state index in [1.807, 2.05) is 36.4 Å². The Balaban J connectivity index is 1.44. The quantitative estimate of drug-likeness (QED) is 0.522. The van der Waals surface area contributed by atoms with E-state index in [9.17, 15) is 4.79 Å². The minimum atomic E-state index is -0.200. The number of carbonyl (C=O) groups excluding carboxylic acids is 1. The van der Waals surface area contributed by atoms with E-state index >= 15 is 0 Å². The van der Waals surface area contributed by atoms with Crippen molar-refractivity contribution in [3.05, 3.63) is 83.8 Å². The normalized spacial score (nSPS) is 10.7. The lowest BCUT2D eigenvalue weighted by molar-refractivity contribution is 0.0948. The molecule has 0 unspecified atom stereocenters. The SMILES string of the molecule is COc1ccc(Cn2nnc(-c3cccc(C(=O)NCc4ccco4)c3)n2)cc1. The standard InChI is InChI=1S/C21H19N5O3/c1-28-18-9-7-15(8-10-18)14-26-24-20(23-25-26)16-4-2-5-17(12-16)21(27)22-13-19-6-3-11-29-19/h2-12H,13-14H2,1H3,(H,22,27). The fraction of sp³-hybridized carbons (Fsp3) is 0.143. The molecule has 0 spiro atoms. The van der Waals surface area contributed by atoms with Gasteiger partial charge in [-0.05, 0) is 47.2 Å². The predicted molar refractivity (Wildman–Crippen MR) is 105 cm³/mol. The van der Waals surface area contributed by atoms with E-state index in [2.05, 4.69) is 20.7 Å². The smallest absolute Gasteiger partial charge is 0.251 e. The van der Waals surface area contributed by atoms with Crippen LogP contribution in [0.3, 0.4) is 0 Å². The van der Waals surface area contributed by atoms with Crippen molar-refractivity contribution >= 4 is 5.91 Å². The molecule has 2 aromatic heterocycles. The highest BCUT2D eigenvalue weighted by Crippen LogP contribution is 2.17. The summed E-state index contributed by atoms with van der Waals surface area (Å²) >= 11 is 0. The number of nitrogens with one attached hydrogen (secondary N) is 1. The molecule has 0 saturated heterocycles. The highest BCUT2D eigenvalue weighted by Gasteiger charge is 2.11. The second-order valence-corrected chi connectivity index (χ2v) is 6.33. The fourth-order valence-electron chi connectivity index (χ4n) is 2.80. The highest BCUT2D eigenvalue weighted by molar-refractivity contribution is 5.95. The van der Waals surface area contributed by atoms with Crippen molar-refractivity contribution < 1.29 is 13.9 Å². The number of aromatic nitrogens is 4. The topological polar surface area (TPSA) is 95.1 Å². The van der Waals surface area contributed by atoms with Crippen LogP contribution in [0.25, 0.3) is 11.4 Å². The number of ether oxygens (including phenoxy) is 1. The van der Waals surface area contributed by atoms with Crippen LogP contribution in [-0.2, 0) is 13.1 Å². The van der Waals surface area contributed by atoms with Crippen LogP contribution in [0, 0.1) is 0 Å². The molecule has 0 aliphatic carbocycles. The molecule has 0 radical (unpaired) electrons. The number of furan rings is 1. The van der Waals surface area contributed by atoms with Crippen LogP contribution in [0.1, 0.15) is 21.7 Å². The van der Waals surface area contributed by atoms with Crippen molar-refractivity contribution in [2.75, 3.05) is 7.11 Å². The zero-order valence-corrected chi connectivity index (χ0v) is 15.8. The molecule has 0 aliphatic rings. The summed E-state index contributed by atoms with van der Waals surface area (Å²) in [4.78, 5) is 13.9. The molecular weight excluding hydrogens is 370 g/mol. The first-order valence-electron chi connectivity index (χ1n) is 9.03. The summed E-state index contributed by atoms with van der Waals surface area (Å²) in [6.45, 7) is 0.812. The van der Waals surface area contributed by atoms with Crippen LogP contribution in [0.4, 0.5) is 0 Å². The van der Waals surface area contributed by atoms with E-state index < -0.39 is 0 Å². The molecule has 29 heavy (non-hydrogen) atoms. The lowest BCUT2D eigenvalue weighted by Gasteiger charge is -2.04. The van der Waals surface area contributed by atoms with Gasteiger partial charge in [-0.25, -0.2) is 0 Å². The monoisotopic (exact) mass is 389 g/mol. The molecule has 1 N–H and O–H groups in total. The second kappa shape index (κ2) is 8.39. The number of rotatable bonds is 7. The van der Waals surface area contributed by atoms with E-state index in [1.165, 1.54) is 4.80 Å². The molecule has 2 aromatic carbocycles. The average molecular weight is 389 g/mol. The van der Waals surface area contributed by atoms with Gasteiger partial charge in [0.05, 0.1) is 26.5 Å². The van der Waals surface area contributed by atoms with Crippen molar-refractivity contribution in [2.24, 2.45) is 0 Å². The van der Waals surface area contributed by atoms with Crippen LogP contribution in [0.15, 0.2) is 71.3 Å². The number of benzene rings is 2. The van der Waals surface area contributed by atoms with Gasteiger partial charge in [0.2, 0.25) is 5.82 Å². The van der Waals surface area contributed by atoms with Crippen LogP contribution >= 0.6 is 0 Å². The summed E-state index contributed by atoms with van der Waals surface area (Å²) in [5, 5.41) is 15.5. The average Bonchev–Trinajstić information content (AvgIpc) is 3.45. The van der Waals surface area contributed by atoms with Crippen molar-refractivity contribution in [1.29, 1.82) is 0 Å². The lowest BCUT2D eigenvalue weighted by Crippen LogP contribution is -2.22. The number of carbonyl (C=O) groups is 1. The molecule has 0 atom stereocenters. The van der Waals surface area contributed by atoms with Gasteiger partial charge in [0.15, 0.2) is 0 Å². The van der Waals surface area contributed by atoms with Gasteiger partial charge < -0.3 is 14.5 Å². The highest BCUT2D eigenvalue weighted by atomic mass is 16.5. The predicted octanol–water partition coefficient (Wildman–Crippen LogP) is 2.92. The summed E-state index contributed by atoms with van der Waals surface area (Å²) in [6, 6.07) is 18.4. The molecule has 0 saturated carbocycles. The molecule has 0 bridgehead atoms. The van der Waals surface area contributed by atoms with Crippen LogP contribution in [-0.4, -0.2) is 33.2 Å². The largest absolute Gasteiger partial charge is 0.497 e. The first-order chi connectivity index (χ1) is 14.2. The molecule has 2 heterocycles. The minimum absolute atomic E-state index is 0.200. The van der Waals surface area contributed by atoms with Gasteiger partial charge in [0.25, 0.3) is 5.91 Å². The summed E-state index contributed by atoms with van der Waals surface area (Å²) in [6.07, 6.45) is 1.57. The number of methoxy groups -OCH3 is 1. The molecule has 0 aliphatic heterocycles. The second-order valence-electron chi connectivity index (χ2n) is 6.33. The van der Waals surface area contributed by atoms with Crippen molar-refractivity contribution in [3.8, 4) is 17.1 Å². The van der Waals surface area contributed by atoms with E-state index in [0.717, 1.165) is 16.9 Å². The van der Waals surface area contributed by atoms with Crippen molar-refractivity contribution in [1.82, 2.24) is 25.5 Å². The first-order valence-corrected chi connectivity index (χ1v) is 9.03. The zero-order chi connectivity index (χ0) is 20.1. The van der Waals surface area contributed by atoms with Crippen molar-refractivity contribution in [3.63, 3.8) is 0 Å². The Hall–Kier alpha value is -3.94. The fourth-order valence-corrected chi connectivity index (χ4v) is 2.80. The molecule has 0 fully saturated rings. The summed E-state index contributed by atoms with van der Waals surface area (Å²) in [5.74, 6) is 1.74. The Morgan fingerprint density at radius 3 is 2.76 bits per heavy atom. The van der Waals surface area contributed by atoms with Crippen LogP contribution in [0.2, 0.25) is 0 Å². The zero-order valence-electron chi connectivity index (χ0n) is 15.8. The van der Waals surface area contributed by atoms with Gasteiger partial charge in [0, 0.05) is 11.1 Å².